The Hall–Kier alpha value is -3.59. The third-order valence-corrected chi connectivity index (χ3v) is 8.87. The summed E-state index contributed by atoms with van der Waals surface area (Å²) in [7, 11) is -4.45. The van der Waals surface area contributed by atoms with E-state index in [1.807, 2.05) is 6.08 Å². The lowest BCUT2D eigenvalue weighted by Gasteiger charge is -2.15. The zero-order chi connectivity index (χ0) is 41.8. The maximum atomic E-state index is 12.1. The smallest absolute Gasteiger partial charge is 0.463 e. The number of nitrogens with one attached hydrogen (secondary N) is 1. The van der Waals surface area contributed by atoms with Crippen molar-refractivity contribution in [3.63, 3.8) is 0 Å². The lowest BCUT2D eigenvalue weighted by atomic mass is 10.1. The number of allylic oxidation sites excluding steroid dienone is 20. The van der Waals surface area contributed by atoms with Gasteiger partial charge in [-0.25, -0.2) is 4.57 Å². The summed E-state index contributed by atoms with van der Waals surface area (Å²) in [6.45, 7) is 3.18. The van der Waals surface area contributed by atoms with Crippen molar-refractivity contribution in [3.05, 3.63) is 122 Å². The fourth-order valence-electron chi connectivity index (χ4n) is 4.79. The number of hydrogen-bond acceptors (Lipinski definition) is 7. The summed E-state index contributed by atoms with van der Waals surface area (Å²) in [6, 6.07) is 0. The molecule has 0 fully saturated rings. The van der Waals surface area contributed by atoms with Gasteiger partial charge in [0.1, 0.15) is 12.7 Å². The molecule has 1 amide bonds. The molecule has 0 spiro atoms. The molecule has 0 aliphatic heterocycles. The van der Waals surface area contributed by atoms with Gasteiger partial charge in [0, 0.05) is 19.4 Å². The maximum absolute atomic E-state index is 12.1. The van der Waals surface area contributed by atoms with Crippen molar-refractivity contribution in [1.82, 2.24) is 5.32 Å². The molecule has 10 heteroatoms. The van der Waals surface area contributed by atoms with Crippen molar-refractivity contribution in [2.24, 2.45) is 0 Å². The van der Waals surface area contributed by atoms with E-state index < -0.39 is 26.5 Å². The first-order valence-electron chi connectivity index (χ1n) is 21.0. The average molecular weight is 812 g/mol. The summed E-state index contributed by atoms with van der Waals surface area (Å²) < 4.78 is 26.8. The summed E-state index contributed by atoms with van der Waals surface area (Å²) in [4.78, 5) is 33.9. The van der Waals surface area contributed by atoms with Gasteiger partial charge in [0.2, 0.25) is 5.91 Å². The molecule has 0 radical (unpaired) electrons. The van der Waals surface area contributed by atoms with Gasteiger partial charge < -0.3 is 20.1 Å². The first-order valence-corrected chi connectivity index (χ1v) is 22.5. The number of phosphoric acid groups is 1. The first kappa shape index (κ1) is 53.4. The van der Waals surface area contributed by atoms with Gasteiger partial charge in [-0.2, -0.15) is 0 Å². The molecule has 2 atom stereocenters. The Labute approximate surface area is 345 Å². The van der Waals surface area contributed by atoms with Gasteiger partial charge in [0.15, 0.2) is 0 Å². The van der Waals surface area contributed by atoms with E-state index in [1.165, 1.54) is 0 Å². The van der Waals surface area contributed by atoms with E-state index in [1.54, 1.807) is 0 Å². The highest BCUT2D eigenvalue weighted by Crippen LogP contribution is 2.42. The highest BCUT2D eigenvalue weighted by Gasteiger charge is 2.23. The van der Waals surface area contributed by atoms with E-state index in [0.717, 1.165) is 96.3 Å². The molecule has 57 heavy (non-hydrogen) atoms. The van der Waals surface area contributed by atoms with Crippen LogP contribution in [0.25, 0.3) is 0 Å². The third kappa shape index (κ3) is 43.4. The van der Waals surface area contributed by atoms with E-state index in [-0.39, 0.29) is 32.1 Å². The van der Waals surface area contributed by atoms with Crippen LogP contribution >= 0.6 is 7.82 Å². The molecule has 0 saturated carbocycles. The second kappa shape index (κ2) is 42.0. The molecule has 0 aromatic rings. The lowest BCUT2D eigenvalue weighted by Crippen LogP contribution is -2.27. The highest BCUT2D eigenvalue weighted by molar-refractivity contribution is 7.47. The molecule has 320 valence electrons. The standard InChI is InChI=1S/C47H74NO8P/c1-3-5-7-9-11-13-15-17-19-21-22-24-25-27-29-31-33-35-37-39-46(50)48-41-42-55-57(52,53)56-44-45(49)43-54-47(51)40-38-36-34-32-30-28-26-23-20-18-16-14-12-10-8-6-4-2/h5-8,11-14,17-20,22,24,26-29,32,34,45,49H,3-4,9-10,15-16,21,23,25,30-31,33,35-44H2,1-2H3,(H,48,50)(H,52,53)/b7-5-,8-6-,13-11-,14-12-,19-17-,20-18-,24-22-,28-26-,29-27-,34-32-. The molecule has 0 rings (SSSR count). The van der Waals surface area contributed by atoms with E-state index in [0.29, 0.717) is 12.8 Å². The van der Waals surface area contributed by atoms with Crippen LogP contribution < -0.4 is 5.32 Å². The Kier molecular flexibility index (Phi) is 39.4. The number of unbranched alkanes of at least 4 members (excludes halogenated alkanes) is 4. The van der Waals surface area contributed by atoms with Gasteiger partial charge in [0.05, 0.1) is 13.2 Å². The van der Waals surface area contributed by atoms with E-state index in [2.05, 4.69) is 135 Å². The molecule has 0 aliphatic carbocycles. The van der Waals surface area contributed by atoms with Gasteiger partial charge in [-0.15, -0.1) is 0 Å². The number of carbonyl (C=O) groups is 2. The minimum atomic E-state index is -4.45. The fourth-order valence-corrected chi connectivity index (χ4v) is 5.55. The Balaban J connectivity index is 3.78. The largest absolute Gasteiger partial charge is 0.472 e. The van der Waals surface area contributed by atoms with Crippen LogP contribution in [0.15, 0.2) is 122 Å². The van der Waals surface area contributed by atoms with Gasteiger partial charge in [0.25, 0.3) is 0 Å². The average Bonchev–Trinajstić information content (AvgIpc) is 3.20. The van der Waals surface area contributed by atoms with Crippen LogP contribution in [0.2, 0.25) is 0 Å². The van der Waals surface area contributed by atoms with E-state index in [9.17, 15) is 24.2 Å². The van der Waals surface area contributed by atoms with Crippen LogP contribution in [0.1, 0.15) is 129 Å². The summed E-state index contributed by atoms with van der Waals surface area (Å²) in [6.07, 6.45) is 57.1. The third-order valence-electron chi connectivity index (χ3n) is 7.89. The van der Waals surface area contributed by atoms with Crippen molar-refractivity contribution >= 4 is 19.7 Å². The number of carbonyl (C=O) groups excluding carboxylic acids is 2. The van der Waals surface area contributed by atoms with E-state index in [4.69, 9.17) is 13.8 Å². The number of rotatable bonds is 37. The number of phosphoric ester groups is 1. The van der Waals surface area contributed by atoms with E-state index >= 15 is 0 Å². The van der Waals surface area contributed by atoms with Crippen molar-refractivity contribution < 1.29 is 37.9 Å². The molecule has 2 unspecified atom stereocenters. The molecular weight excluding hydrogens is 737 g/mol. The minimum Gasteiger partial charge on any atom is -0.463 e. The van der Waals surface area contributed by atoms with Gasteiger partial charge in [-0.05, 0) is 96.3 Å². The summed E-state index contributed by atoms with van der Waals surface area (Å²) in [5.41, 5.74) is 0. The molecule has 3 N–H and O–H groups in total. The molecule has 0 aromatic heterocycles. The Morgan fingerprint density at radius 3 is 1.42 bits per heavy atom. The molecular formula is C47H74NO8P. The van der Waals surface area contributed by atoms with Crippen LogP contribution in [0.4, 0.5) is 0 Å². The predicted octanol–water partition coefficient (Wildman–Crippen LogP) is 11.8. The molecule has 0 bridgehead atoms. The molecule has 0 aliphatic rings. The normalized spacial score (nSPS) is 14.5. The summed E-state index contributed by atoms with van der Waals surface area (Å²) in [5.74, 6) is -0.622. The number of ether oxygens (including phenoxy) is 1. The fraction of sp³-hybridized carbons (Fsp3) is 0.532. The zero-order valence-corrected chi connectivity index (χ0v) is 35.9. The van der Waals surface area contributed by atoms with Crippen LogP contribution in [0.5, 0.6) is 0 Å². The van der Waals surface area contributed by atoms with Crippen molar-refractivity contribution in [1.29, 1.82) is 0 Å². The van der Waals surface area contributed by atoms with Crippen molar-refractivity contribution in [3.8, 4) is 0 Å². The topological polar surface area (TPSA) is 131 Å². The Bertz CT molecular complexity index is 1340. The van der Waals surface area contributed by atoms with Crippen LogP contribution in [0, 0.1) is 0 Å². The Morgan fingerprint density at radius 1 is 0.544 bits per heavy atom. The summed E-state index contributed by atoms with van der Waals surface area (Å²) >= 11 is 0. The highest BCUT2D eigenvalue weighted by atomic mass is 31.2. The number of aliphatic hydroxyl groups is 1. The van der Waals surface area contributed by atoms with Gasteiger partial charge in [-0.1, -0.05) is 142 Å². The Morgan fingerprint density at radius 2 is 0.965 bits per heavy atom. The first-order chi connectivity index (χ1) is 27.8. The number of amides is 1. The van der Waals surface area contributed by atoms with Crippen molar-refractivity contribution in [2.45, 2.75) is 136 Å². The zero-order valence-electron chi connectivity index (χ0n) is 35.0. The molecule has 0 saturated heterocycles. The quantitative estimate of drug-likeness (QED) is 0.0245. The van der Waals surface area contributed by atoms with Gasteiger partial charge in [-0.3, -0.25) is 18.6 Å². The predicted molar refractivity (Wildman–Crippen MR) is 238 cm³/mol. The van der Waals surface area contributed by atoms with Gasteiger partial charge >= 0.3 is 13.8 Å². The lowest BCUT2D eigenvalue weighted by molar-refractivity contribution is -0.147. The summed E-state index contributed by atoms with van der Waals surface area (Å²) in [5, 5.41) is 12.7. The minimum absolute atomic E-state index is 0.0482. The maximum Gasteiger partial charge on any atom is 0.472 e. The number of hydrogen-bond donors (Lipinski definition) is 3. The number of esters is 1. The number of aliphatic hydroxyl groups excluding tert-OH is 1. The van der Waals surface area contributed by atoms with Crippen LogP contribution in [-0.2, 0) is 27.9 Å². The molecule has 0 heterocycles. The van der Waals surface area contributed by atoms with Crippen LogP contribution in [0.3, 0.4) is 0 Å². The molecule has 9 nitrogen and oxygen atoms in total. The van der Waals surface area contributed by atoms with Crippen LogP contribution in [-0.4, -0.2) is 54.3 Å². The monoisotopic (exact) mass is 812 g/mol. The second-order valence-electron chi connectivity index (χ2n) is 13.2. The second-order valence-corrected chi connectivity index (χ2v) is 14.6. The molecule has 0 aromatic carbocycles. The SMILES string of the molecule is CC/C=C\C/C=C\C/C=C\C/C=C\C/C=C\CCCCCC(=O)NCCOP(=O)(O)OCC(O)COC(=O)CCC/C=C\C/C=C\C/C=C\C/C=C\C/C=C\CC. The van der Waals surface area contributed by atoms with Crippen molar-refractivity contribution in [2.75, 3.05) is 26.4 Å².